The van der Waals surface area contributed by atoms with Crippen molar-refractivity contribution in [1.82, 2.24) is 9.97 Å². The molecule has 0 saturated heterocycles. The SMILES string of the molecule is CCCCCCCCc1c(CCCCCCCC)c2ccsc2c2sccc12.c1ccc(-c2nc3cscc3nc2-c2ccccc2)cc1. The Kier molecular flexibility index (Phi) is 13.4. The third-order valence-electron chi connectivity index (χ3n) is 9.52. The Hall–Kier alpha value is -3.38. The summed E-state index contributed by atoms with van der Waals surface area (Å²) in [6.07, 6.45) is 19.2. The van der Waals surface area contributed by atoms with E-state index in [2.05, 4.69) is 61.0 Å². The van der Waals surface area contributed by atoms with Crippen molar-refractivity contribution >= 4 is 65.2 Å². The molecule has 7 aromatic rings. The second-order valence-corrected chi connectivity index (χ2v) is 15.7. The molecule has 0 saturated carbocycles. The first kappa shape index (κ1) is 35.4. The van der Waals surface area contributed by atoms with Gasteiger partial charge in [-0.1, -0.05) is 139 Å². The number of rotatable bonds is 16. The fourth-order valence-electron chi connectivity index (χ4n) is 6.90. The lowest BCUT2D eigenvalue weighted by Gasteiger charge is -2.14. The van der Waals surface area contributed by atoms with Gasteiger partial charge < -0.3 is 0 Å². The van der Waals surface area contributed by atoms with E-state index in [0.717, 1.165) is 33.5 Å². The summed E-state index contributed by atoms with van der Waals surface area (Å²) in [6.45, 7) is 4.61. The van der Waals surface area contributed by atoms with Gasteiger partial charge in [0, 0.05) is 21.9 Å². The van der Waals surface area contributed by atoms with Gasteiger partial charge in [-0.15, -0.1) is 34.0 Å². The Morgan fingerprint density at radius 1 is 0.469 bits per heavy atom. The molecular formula is C44H50N2S3. The Morgan fingerprint density at radius 3 is 1.31 bits per heavy atom. The van der Waals surface area contributed by atoms with Crippen LogP contribution in [0.4, 0.5) is 0 Å². The van der Waals surface area contributed by atoms with Crippen molar-refractivity contribution in [3.05, 3.63) is 105 Å². The molecule has 0 aliphatic rings. The fraction of sp³-hybridized carbons (Fsp3) is 0.364. The van der Waals surface area contributed by atoms with Gasteiger partial charge in [0.25, 0.3) is 0 Å². The second kappa shape index (κ2) is 18.6. The van der Waals surface area contributed by atoms with E-state index in [4.69, 9.17) is 9.97 Å². The molecule has 254 valence electrons. The summed E-state index contributed by atoms with van der Waals surface area (Å²) in [5, 5.41) is 11.8. The number of benzene rings is 3. The van der Waals surface area contributed by atoms with Crippen LogP contribution in [-0.2, 0) is 12.8 Å². The van der Waals surface area contributed by atoms with Crippen molar-refractivity contribution in [3.63, 3.8) is 0 Å². The van der Waals surface area contributed by atoms with Gasteiger partial charge in [-0.25, -0.2) is 9.97 Å². The summed E-state index contributed by atoms with van der Waals surface area (Å²) in [4.78, 5) is 9.66. The summed E-state index contributed by atoms with van der Waals surface area (Å²) in [5.41, 5.74) is 9.35. The largest absolute Gasteiger partial charge is 0.243 e. The Bertz CT molecular complexity index is 1860. The Morgan fingerprint density at radius 2 is 0.878 bits per heavy atom. The van der Waals surface area contributed by atoms with Crippen molar-refractivity contribution in [2.24, 2.45) is 0 Å². The molecule has 0 aliphatic carbocycles. The third kappa shape index (κ3) is 9.05. The Labute approximate surface area is 305 Å². The minimum Gasteiger partial charge on any atom is -0.243 e. The van der Waals surface area contributed by atoms with Crippen molar-refractivity contribution in [2.45, 2.75) is 104 Å². The van der Waals surface area contributed by atoms with Crippen LogP contribution in [0.1, 0.15) is 102 Å². The maximum Gasteiger partial charge on any atom is 0.100 e. The highest BCUT2D eigenvalue weighted by Crippen LogP contribution is 2.40. The molecule has 0 bridgehead atoms. The van der Waals surface area contributed by atoms with Crippen LogP contribution in [-0.4, -0.2) is 9.97 Å². The number of aromatic nitrogens is 2. The van der Waals surface area contributed by atoms with E-state index in [1.54, 1.807) is 33.2 Å². The molecular weight excluding hydrogens is 653 g/mol. The fourth-order valence-corrected chi connectivity index (χ4v) is 9.61. The summed E-state index contributed by atoms with van der Waals surface area (Å²) in [6, 6.07) is 25.3. The summed E-state index contributed by atoms with van der Waals surface area (Å²) in [5.74, 6) is 0. The van der Waals surface area contributed by atoms with Crippen LogP contribution < -0.4 is 0 Å². The van der Waals surface area contributed by atoms with E-state index < -0.39 is 0 Å². The molecule has 0 fully saturated rings. The zero-order chi connectivity index (χ0) is 33.7. The first-order chi connectivity index (χ1) is 24.3. The lowest BCUT2D eigenvalue weighted by Crippen LogP contribution is -1.98. The average molecular weight is 703 g/mol. The Balaban J connectivity index is 0.000000176. The zero-order valence-electron chi connectivity index (χ0n) is 29.3. The molecule has 0 N–H and O–H groups in total. The molecule has 5 heteroatoms. The van der Waals surface area contributed by atoms with Crippen molar-refractivity contribution in [3.8, 4) is 22.5 Å². The summed E-state index contributed by atoms with van der Waals surface area (Å²) in [7, 11) is 0. The molecule has 3 aromatic carbocycles. The number of hydrogen-bond acceptors (Lipinski definition) is 5. The number of aryl methyl sites for hydroxylation is 2. The highest BCUT2D eigenvalue weighted by molar-refractivity contribution is 7.25. The second-order valence-electron chi connectivity index (χ2n) is 13.1. The van der Waals surface area contributed by atoms with Crippen LogP contribution in [0, 0.1) is 0 Å². The molecule has 0 aliphatic heterocycles. The topological polar surface area (TPSA) is 25.8 Å². The highest BCUT2D eigenvalue weighted by Gasteiger charge is 2.16. The number of hydrogen-bond donors (Lipinski definition) is 0. The zero-order valence-corrected chi connectivity index (χ0v) is 31.7. The maximum atomic E-state index is 4.83. The van der Waals surface area contributed by atoms with Crippen LogP contribution in [0.5, 0.6) is 0 Å². The van der Waals surface area contributed by atoms with Crippen molar-refractivity contribution < 1.29 is 0 Å². The van der Waals surface area contributed by atoms with Crippen LogP contribution >= 0.6 is 34.0 Å². The molecule has 0 unspecified atom stereocenters. The minimum absolute atomic E-state index is 0.938. The van der Waals surface area contributed by atoms with Crippen molar-refractivity contribution in [1.29, 1.82) is 0 Å². The first-order valence-electron chi connectivity index (χ1n) is 18.5. The minimum atomic E-state index is 0.938. The van der Waals surface area contributed by atoms with E-state index in [1.807, 2.05) is 69.8 Å². The van der Waals surface area contributed by atoms with Crippen LogP contribution in [0.15, 0.2) is 94.3 Å². The maximum absolute atomic E-state index is 4.83. The highest BCUT2D eigenvalue weighted by atomic mass is 32.1. The van der Waals surface area contributed by atoms with Gasteiger partial charge in [0.1, 0.15) is 11.0 Å². The van der Waals surface area contributed by atoms with Crippen molar-refractivity contribution in [2.75, 3.05) is 0 Å². The molecule has 49 heavy (non-hydrogen) atoms. The van der Waals surface area contributed by atoms with Gasteiger partial charge in [0.05, 0.1) is 20.8 Å². The smallest absolute Gasteiger partial charge is 0.100 e. The van der Waals surface area contributed by atoms with Crippen LogP contribution in [0.2, 0.25) is 0 Å². The molecule has 4 heterocycles. The molecule has 2 nitrogen and oxygen atoms in total. The molecule has 4 aromatic heterocycles. The first-order valence-corrected chi connectivity index (χ1v) is 21.2. The normalized spacial score (nSPS) is 11.4. The third-order valence-corrected chi connectivity index (χ3v) is 12.2. The monoisotopic (exact) mass is 702 g/mol. The lowest BCUT2D eigenvalue weighted by molar-refractivity contribution is 0.600. The molecule has 0 radical (unpaired) electrons. The average Bonchev–Trinajstić information content (AvgIpc) is 3.93. The molecule has 0 atom stereocenters. The van der Waals surface area contributed by atoms with E-state index >= 15 is 0 Å². The van der Waals surface area contributed by atoms with E-state index in [0.29, 0.717) is 0 Å². The number of nitrogens with zero attached hydrogens (tertiary/aromatic N) is 2. The van der Waals surface area contributed by atoms with E-state index in [9.17, 15) is 0 Å². The quantitative estimate of drug-likeness (QED) is 0.0937. The number of fused-ring (bicyclic) bond motifs is 4. The lowest BCUT2D eigenvalue weighted by atomic mass is 9.91. The van der Waals surface area contributed by atoms with E-state index in [1.165, 1.54) is 99.3 Å². The number of thiophene rings is 3. The standard InChI is InChI=1S/C26H38S2.C18H12N2S/c1-3-5-7-9-11-13-15-21-22(16-14-12-10-8-6-4-2)24-18-20-28-26(24)25-23(21)17-19-27-25;1-3-7-13(8-4-1)17-18(14-9-5-2-6-10-14)20-16-12-21-11-15(16)19-17/h17-20H,3-16H2,1-2H3;1-12H. The van der Waals surface area contributed by atoms with Gasteiger partial charge in [-0.3, -0.25) is 0 Å². The van der Waals surface area contributed by atoms with Gasteiger partial charge in [0.2, 0.25) is 0 Å². The summed E-state index contributed by atoms with van der Waals surface area (Å²) < 4.78 is 3.08. The summed E-state index contributed by atoms with van der Waals surface area (Å²) >= 11 is 5.52. The number of unbranched alkanes of at least 4 members (excludes halogenated alkanes) is 10. The van der Waals surface area contributed by atoms with Crippen LogP contribution in [0.25, 0.3) is 53.7 Å². The van der Waals surface area contributed by atoms with Gasteiger partial charge in [-0.2, -0.15) is 0 Å². The van der Waals surface area contributed by atoms with Gasteiger partial charge in [-0.05, 0) is 70.5 Å². The van der Waals surface area contributed by atoms with E-state index in [-0.39, 0.29) is 0 Å². The van der Waals surface area contributed by atoms with Gasteiger partial charge >= 0.3 is 0 Å². The van der Waals surface area contributed by atoms with Crippen LogP contribution in [0.3, 0.4) is 0 Å². The molecule has 7 rings (SSSR count). The predicted molar refractivity (Wildman–Crippen MR) is 220 cm³/mol. The molecule has 0 spiro atoms. The predicted octanol–water partition coefficient (Wildman–Crippen LogP) is 14.9. The van der Waals surface area contributed by atoms with Gasteiger partial charge in [0.15, 0.2) is 0 Å². The molecule has 0 amide bonds.